The maximum absolute atomic E-state index is 12.9. The molecule has 1 aliphatic heterocycles. The SMILES string of the molecule is O=C(c1ccc(-c2nn[nH]n2)cc1)N1CCCC1c1ccccc1. The Hall–Kier alpha value is -3.02. The van der Waals surface area contributed by atoms with Crippen LogP contribution in [0.4, 0.5) is 0 Å². The lowest BCUT2D eigenvalue weighted by molar-refractivity contribution is 0.0735. The number of carbonyl (C=O) groups is 1. The number of nitrogens with zero attached hydrogens (tertiary/aromatic N) is 4. The molecule has 24 heavy (non-hydrogen) atoms. The van der Waals surface area contributed by atoms with Crippen molar-refractivity contribution in [3.63, 3.8) is 0 Å². The Morgan fingerprint density at radius 2 is 1.88 bits per heavy atom. The third kappa shape index (κ3) is 2.67. The van der Waals surface area contributed by atoms with Gasteiger partial charge >= 0.3 is 0 Å². The quantitative estimate of drug-likeness (QED) is 0.805. The maximum Gasteiger partial charge on any atom is 0.254 e. The smallest absolute Gasteiger partial charge is 0.254 e. The summed E-state index contributed by atoms with van der Waals surface area (Å²) in [6.07, 6.45) is 2.04. The zero-order valence-electron chi connectivity index (χ0n) is 13.1. The fourth-order valence-corrected chi connectivity index (χ4v) is 3.24. The highest BCUT2D eigenvalue weighted by Crippen LogP contribution is 2.33. The average molecular weight is 319 g/mol. The molecular formula is C18H17N5O. The second-order valence-electron chi connectivity index (χ2n) is 5.88. The van der Waals surface area contributed by atoms with Crippen LogP contribution in [-0.4, -0.2) is 38.0 Å². The minimum absolute atomic E-state index is 0.0704. The molecule has 6 nitrogen and oxygen atoms in total. The van der Waals surface area contributed by atoms with E-state index in [4.69, 9.17) is 0 Å². The molecule has 0 radical (unpaired) electrons. The third-order valence-electron chi connectivity index (χ3n) is 4.43. The summed E-state index contributed by atoms with van der Waals surface area (Å²) in [6, 6.07) is 17.8. The lowest BCUT2D eigenvalue weighted by Gasteiger charge is -2.25. The molecule has 0 bridgehead atoms. The zero-order chi connectivity index (χ0) is 16.4. The fraction of sp³-hybridized carbons (Fsp3) is 0.222. The van der Waals surface area contributed by atoms with Crippen molar-refractivity contribution >= 4 is 5.91 Å². The van der Waals surface area contributed by atoms with Gasteiger partial charge in [-0.1, -0.05) is 42.5 Å². The van der Waals surface area contributed by atoms with Crippen molar-refractivity contribution in [2.45, 2.75) is 18.9 Å². The molecule has 120 valence electrons. The van der Waals surface area contributed by atoms with Gasteiger partial charge in [-0.3, -0.25) is 4.79 Å². The first-order chi connectivity index (χ1) is 11.8. The van der Waals surface area contributed by atoms with E-state index < -0.39 is 0 Å². The molecule has 6 heteroatoms. The van der Waals surface area contributed by atoms with Crippen LogP contribution in [0, 0.1) is 0 Å². The normalized spacial score (nSPS) is 17.2. The van der Waals surface area contributed by atoms with E-state index in [0.717, 1.165) is 24.9 Å². The number of benzene rings is 2. The highest BCUT2D eigenvalue weighted by atomic mass is 16.2. The number of aromatic amines is 1. The van der Waals surface area contributed by atoms with E-state index in [0.29, 0.717) is 11.4 Å². The van der Waals surface area contributed by atoms with E-state index in [1.165, 1.54) is 5.56 Å². The van der Waals surface area contributed by atoms with Crippen molar-refractivity contribution in [3.05, 3.63) is 65.7 Å². The van der Waals surface area contributed by atoms with Crippen LogP contribution in [0.5, 0.6) is 0 Å². The largest absolute Gasteiger partial charge is 0.332 e. The maximum atomic E-state index is 12.9. The van der Waals surface area contributed by atoms with Gasteiger partial charge in [0.1, 0.15) is 0 Å². The molecule has 2 aromatic carbocycles. The lowest BCUT2D eigenvalue weighted by atomic mass is 10.0. The summed E-state index contributed by atoms with van der Waals surface area (Å²) in [5.74, 6) is 0.596. The first-order valence-corrected chi connectivity index (χ1v) is 8.03. The van der Waals surface area contributed by atoms with Crippen molar-refractivity contribution in [1.82, 2.24) is 25.5 Å². The number of nitrogens with one attached hydrogen (secondary N) is 1. The average Bonchev–Trinajstić information content (AvgIpc) is 3.34. The summed E-state index contributed by atoms with van der Waals surface area (Å²) in [4.78, 5) is 14.9. The molecule has 0 aliphatic carbocycles. The van der Waals surface area contributed by atoms with Crippen molar-refractivity contribution < 1.29 is 4.79 Å². The summed E-state index contributed by atoms with van der Waals surface area (Å²) in [6.45, 7) is 0.797. The first kappa shape index (κ1) is 14.6. The molecular weight excluding hydrogens is 302 g/mol. The van der Waals surface area contributed by atoms with Crippen molar-refractivity contribution in [2.75, 3.05) is 6.54 Å². The number of H-pyrrole nitrogens is 1. The van der Waals surface area contributed by atoms with Crippen LogP contribution in [0.1, 0.15) is 34.8 Å². The van der Waals surface area contributed by atoms with Gasteiger partial charge in [-0.25, -0.2) is 0 Å². The summed E-state index contributed by atoms with van der Waals surface area (Å²) in [7, 11) is 0. The molecule has 1 aromatic heterocycles. The highest BCUT2D eigenvalue weighted by Gasteiger charge is 2.30. The number of carbonyl (C=O) groups excluding carboxylic acids is 1. The number of aromatic nitrogens is 4. The second-order valence-corrected chi connectivity index (χ2v) is 5.88. The van der Waals surface area contributed by atoms with E-state index in [2.05, 4.69) is 32.8 Å². The van der Waals surface area contributed by atoms with Crippen LogP contribution in [0.25, 0.3) is 11.4 Å². The predicted molar refractivity (Wildman–Crippen MR) is 89.1 cm³/mol. The van der Waals surface area contributed by atoms with Gasteiger partial charge in [-0.15, -0.1) is 10.2 Å². The van der Waals surface area contributed by atoms with E-state index in [1.807, 2.05) is 47.4 Å². The molecule has 1 N–H and O–H groups in total. The molecule has 2 heterocycles. The molecule has 1 saturated heterocycles. The van der Waals surface area contributed by atoms with Crippen LogP contribution in [0.2, 0.25) is 0 Å². The van der Waals surface area contributed by atoms with E-state index >= 15 is 0 Å². The van der Waals surface area contributed by atoms with Crippen LogP contribution >= 0.6 is 0 Å². The summed E-state index contributed by atoms with van der Waals surface area (Å²) in [5.41, 5.74) is 2.72. The summed E-state index contributed by atoms with van der Waals surface area (Å²) < 4.78 is 0. The lowest BCUT2D eigenvalue weighted by Crippen LogP contribution is -2.30. The van der Waals surface area contributed by atoms with Gasteiger partial charge in [-0.2, -0.15) is 5.21 Å². The molecule has 0 spiro atoms. The Morgan fingerprint density at radius 3 is 2.58 bits per heavy atom. The van der Waals surface area contributed by atoms with Crippen LogP contribution in [-0.2, 0) is 0 Å². The number of tetrazole rings is 1. The molecule has 1 unspecified atom stereocenters. The molecule has 3 aromatic rings. The monoisotopic (exact) mass is 319 g/mol. The molecule has 1 aliphatic rings. The van der Waals surface area contributed by atoms with E-state index in [9.17, 15) is 4.79 Å². The van der Waals surface area contributed by atoms with Gasteiger partial charge in [-0.05, 0) is 35.8 Å². The Labute approximate surface area is 139 Å². The molecule has 1 fully saturated rings. The van der Waals surface area contributed by atoms with Gasteiger partial charge in [0, 0.05) is 17.7 Å². The molecule has 0 saturated carbocycles. The Balaban J connectivity index is 1.56. The number of hydrogen-bond acceptors (Lipinski definition) is 4. The van der Waals surface area contributed by atoms with E-state index in [-0.39, 0.29) is 11.9 Å². The van der Waals surface area contributed by atoms with Gasteiger partial charge in [0.15, 0.2) is 0 Å². The first-order valence-electron chi connectivity index (χ1n) is 8.03. The highest BCUT2D eigenvalue weighted by molar-refractivity contribution is 5.95. The minimum atomic E-state index is 0.0704. The van der Waals surface area contributed by atoms with Crippen LogP contribution in [0.15, 0.2) is 54.6 Å². The standard InChI is InChI=1S/C18H17N5O/c24-18(15-10-8-14(9-11-15)17-19-21-22-20-17)23-12-4-7-16(23)13-5-2-1-3-6-13/h1-3,5-6,8-11,16H,4,7,12H2,(H,19,20,21,22). The third-order valence-corrected chi connectivity index (χ3v) is 4.43. The van der Waals surface area contributed by atoms with Gasteiger partial charge in [0.2, 0.25) is 5.82 Å². The number of rotatable bonds is 3. The molecule has 1 amide bonds. The molecule has 4 rings (SSSR count). The van der Waals surface area contributed by atoms with Crippen LogP contribution in [0.3, 0.4) is 0 Å². The Morgan fingerprint density at radius 1 is 1.08 bits per heavy atom. The number of hydrogen-bond donors (Lipinski definition) is 1. The topological polar surface area (TPSA) is 74.8 Å². The van der Waals surface area contributed by atoms with Crippen molar-refractivity contribution in [1.29, 1.82) is 0 Å². The minimum Gasteiger partial charge on any atom is -0.332 e. The number of likely N-dealkylation sites (tertiary alicyclic amines) is 1. The predicted octanol–water partition coefficient (Wildman–Crippen LogP) is 2.84. The number of amides is 1. The Bertz CT molecular complexity index is 814. The summed E-state index contributed by atoms with van der Waals surface area (Å²) in [5, 5.41) is 13.9. The molecule has 1 atom stereocenters. The zero-order valence-corrected chi connectivity index (χ0v) is 13.1. The van der Waals surface area contributed by atoms with Gasteiger partial charge in [0.05, 0.1) is 6.04 Å². The van der Waals surface area contributed by atoms with Gasteiger partial charge in [0.25, 0.3) is 5.91 Å². The van der Waals surface area contributed by atoms with E-state index in [1.54, 1.807) is 0 Å². The van der Waals surface area contributed by atoms with Gasteiger partial charge < -0.3 is 4.90 Å². The second kappa shape index (κ2) is 6.23. The van der Waals surface area contributed by atoms with Crippen molar-refractivity contribution in [2.24, 2.45) is 0 Å². The Kier molecular flexibility index (Phi) is 3.78. The van der Waals surface area contributed by atoms with Crippen molar-refractivity contribution in [3.8, 4) is 11.4 Å². The summed E-state index contributed by atoms with van der Waals surface area (Å²) >= 11 is 0. The van der Waals surface area contributed by atoms with Crippen LogP contribution < -0.4 is 0 Å². The fourth-order valence-electron chi connectivity index (χ4n) is 3.24.